The molecule has 0 spiro atoms. The zero-order chi connectivity index (χ0) is 26.3. The summed E-state index contributed by atoms with van der Waals surface area (Å²) in [4.78, 5) is 30.0. The second-order valence-electron chi connectivity index (χ2n) is 9.14. The van der Waals surface area contributed by atoms with E-state index in [1.807, 2.05) is 44.2 Å². The van der Waals surface area contributed by atoms with Crippen molar-refractivity contribution in [3.63, 3.8) is 0 Å². The molecule has 196 valence electrons. The Morgan fingerprint density at radius 1 is 1.00 bits per heavy atom. The van der Waals surface area contributed by atoms with E-state index < -0.39 is 22.6 Å². The third kappa shape index (κ3) is 6.44. The van der Waals surface area contributed by atoms with E-state index in [1.165, 1.54) is 10.4 Å². The molecule has 1 aliphatic rings. The number of anilines is 1. The van der Waals surface area contributed by atoms with Crippen molar-refractivity contribution in [2.45, 2.75) is 58.0 Å². The third-order valence-electron chi connectivity index (χ3n) is 6.44. The van der Waals surface area contributed by atoms with Crippen molar-refractivity contribution >= 4 is 27.6 Å². The van der Waals surface area contributed by atoms with E-state index >= 15 is 0 Å². The second-order valence-corrected chi connectivity index (χ2v) is 11.1. The molecule has 1 amide bonds. The molecule has 2 aromatic carbocycles. The van der Waals surface area contributed by atoms with Crippen molar-refractivity contribution in [1.29, 1.82) is 0 Å². The summed E-state index contributed by atoms with van der Waals surface area (Å²) >= 11 is 0. The van der Waals surface area contributed by atoms with Gasteiger partial charge in [0.2, 0.25) is 10.0 Å². The minimum absolute atomic E-state index is 0.0420. The largest absolute Gasteiger partial charge is 0.452 e. The number of amides is 1. The first-order valence-corrected chi connectivity index (χ1v) is 14.0. The smallest absolute Gasteiger partial charge is 0.340 e. The molecule has 0 bridgehead atoms. The van der Waals surface area contributed by atoms with E-state index in [0.717, 1.165) is 31.5 Å². The third-order valence-corrected chi connectivity index (χ3v) is 8.49. The lowest BCUT2D eigenvalue weighted by Crippen LogP contribution is -2.39. The van der Waals surface area contributed by atoms with Crippen LogP contribution in [0.1, 0.15) is 56.5 Å². The van der Waals surface area contributed by atoms with Crippen molar-refractivity contribution in [1.82, 2.24) is 9.21 Å². The van der Waals surface area contributed by atoms with Gasteiger partial charge in [-0.15, -0.1) is 0 Å². The van der Waals surface area contributed by atoms with Crippen LogP contribution in [0.25, 0.3) is 0 Å². The molecule has 1 saturated heterocycles. The zero-order valence-corrected chi connectivity index (χ0v) is 22.5. The molecule has 0 saturated carbocycles. The van der Waals surface area contributed by atoms with Crippen LogP contribution < -0.4 is 4.90 Å². The number of sulfonamides is 1. The highest BCUT2D eigenvalue weighted by molar-refractivity contribution is 7.89. The Morgan fingerprint density at radius 2 is 1.64 bits per heavy atom. The Morgan fingerprint density at radius 3 is 2.22 bits per heavy atom. The number of hydrogen-bond acceptors (Lipinski definition) is 6. The predicted molar refractivity (Wildman–Crippen MR) is 140 cm³/mol. The molecule has 2 aromatic rings. The van der Waals surface area contributed by atoms with Crippen LogP contribution in [0, 0.1) is 0 Å². The van der Waals surface area contributed by atoms with Gasteiger partial charge in [-0.25, -0.2) is 13.2 Å². The van der Waals surface area contributed by atoms with E-state index in [-0.39, 0.29) is 22.4 Å². The lowest BCUT2D eigenvalue weighted by Gasteiger charge is -2.27. The number of benzene rings is 2. The molecule has 36 heavy (non-hydrogen) atoms. The van der Waals surface area contributed by atoms with E-state index in [2.05, 4.69) is 4.90 Å². The van der Waals surface area contributed by atoms with Gasteiger partial charge in [-0.2, -0.15) is 4.31 Å². The predicted octanol–water partition coefficient (Wildman–Crippen LogP) is 3.91. The van der Waals surface area contributed by atoms with Gasteiger partial charge in [-0.05, 0) is 50.5 Å². The summed E-state index contributed by atoms with van der Waals surface area (Å²) in [6.45, 7) is 9.57. The number of ether oxygens (including phenoxy) is 1. The molecule has 1 aliphatic heterocycles. The Bertz CT molecular complexity index is 1140. The maximum Gasteiger partial charge on any atom is 0.340 e. The monoisotopic (exact) mass is 515 g/mol. The summed E-state index contributed by atoms with van der Waals surface area (Å²) in [6, 6.07) is 14.2. The van der Waals surface area contributed by atoms with Crippen LogP contribution >= 0.6 is 0 Å². The molecule has 9 heteroatoms. The quantitative estimate of drug-likeness (QED) is 0.422. The van der Waals surface area contributed by atoms with E-state index in [1.54, 1.807) is 30.9 Å². The highest BCUT2D eigenvalue weighted by Gasteiger charge is 2.28. The fourth-order valence-electron chi connectivity index (χ4n) is 4.41. The maximum absolute atomic E-state index is 13.2. The van der Waals surface area contributed by atoms with Gasteiger partial charge in [0.05, 0.1) is 16.1 Å². The molecule has 0 aliphatic carbocycles. The number of nitrogens with zero attached hydrogens (tertiary/aromatic N) is 3. The molecule has 1 heterocycles. The lowest BCUT2D eigenvalue weighted by atomic mass is 10.1. The van der Waals surface area contributed by atoms with E-state index in [4.69, 9.17) is 4.74 Å². The van der Waals surface area contributed by atoms with Crippen LogP contribution in [-0.4, -0.2) is 68.3 Å². The number of carbonyl (C=O) groups is 2. The van der Waals surface area contributed by atoms with Crippen molar-refractivity contribution in [2.24, 2.45) is 0 Å². The first kappa shape index (κ1) is 27.7. The molecular weight excluding hydrogens is 478 g/mol. The zero-order valence-electron chi connectivity index (χ0n) is 21.6. The Hall–Kier alpha value is -2.91. The fourth-order valence-corrected chi connectivity index (χ4v) is 5.90. The average molecular weight is 516 g/mol. The Labute approximate surface area is 214 Å². The minimum atomic E-state index is -3.76. The lowest BCUT2D eigenvalue weighted by molar-refractivity contribution is -0.136. The topological polar surface area (TPSA) is 87.2 Å². The van der Waals surface area contributed by atoms with Crippen molar-refractivity contribution in [2.75, 3.05) is 37.7 Å². The van der Waals surface area contributed by atoms with Crippen LogP contribution in [0.3, 0.4) is 0 Å². The van der Waals surface area contributed by atoms with Gasteiger partial charge in [-0.1, -0.05) is 44.2 Å². The van der Waals surface area contributed by atoms with Crippen molar-refractivity contribution in [3.8, 4) is 0 Å². The second kappa shape index (κ2) is 12.4. The Kier molecular flexibility index (Phi) is 9.50. The molecule has 8 nitrogen and oxygen atoms in total. The first-order valence-electron chi connectivity index (χ1n) is 12.6. The van der Waals surface area contributed by atoms with E-state index in [9.17, 15) is 18.0 Å². The molecule has 0 radical (unpaired) electrons. The van der Waals surface area contributed by atoms with Crippen LogP contribution in [0.2, 0.25) is 0 Å². The standard InChI is InChI=1S/C27H37N3O5S/c1-5-29(6-2)36(33,34)23-14-15-25(28-16-10-11-17-28)24(18-23)27(32)35-20-26(31)30(21(3)4)19-22-12-8-7-9-13-22/h7-9,12-15,18,21H,5-6,10-11,16-17,19-20H2,1-4H3. The molecule has 0 unspecified atom stereocenters. The molecule has 3 rings (SSSR count). The summed E-state index contributed by atoms with van der Waals surface area (Å²) in [7, 11) is -3.76. The normalized spacial score (nSPS) is 13.9. The molecule has 0 aromatic heterocycles. The molecule has 1 fully saturated rings. The van der Waals surface area contributed by atoms with Crippen LogP contribution in [0.15, 0.2) is 53.4 Å². The Balaban J connectivity index is 1.83. The van der Waals surface area contributed by atoms with Gasteiger partial charge in [0.1, 0.15) is 0 Å². The van der Waals surface area contributed by atoms with Crippen molar-refractivity contribution < 1.29 is 22.7 Å². The summed E-state index contributed by atoms with van der Waals surface area (Å²) in [5.41, 5.74) is 1.78. The molecular formula is C27H37N3O5S. The molecule has 0 atom stereocenters. The average Bonchev–Trinajstić information content (AvgIpc) is 3.41. The van der Waals surface area contributed by atoms with Crippen LogP contribution in [-0.2, 0) is 26.1 Å². The summed E-state index contributed by atoms with van der Waals surface area (Å²) in [5, 5.41) is 0. The minimum Gasteiger partial charge on any atom is -0.452 e. The SMILES string of the molecule is CCN(CC)S(=O)(=O)c1ccc(N2CCCC2)c(C(=O)OCC(=O)N(Cc2ccccc2)C(C)C)c1. The summed E-state index contributed by atoms with van der Waals surface area (Å²) < 4.78 is 33.0. The van der Waals surface area contributed by atoms with Crippen LogP contribution in [0.4, 0.5) is 5.69 Å². The van der Waals surface area contributed by atoms with Gasteiger partial charge in [0.15, 0.2) is 6.61 Å². The summed E-state index contributed by atoms with van der Waals surface area (Å²) in [6.07, 6.45) is 1.99. The number of carbonyl (C=O) groups excluding carboxylic acids is 2. The highest BCUT2D eigenvalue weighted by atomic mass is 32.2. The fraction of sp³-hybridized carbons (Fsp3) is 0.481. The van der Waals surface area contributed by atoms with Gasteiger partial charge in [0, 0.05) is 38.8 Å². The number of hydrogen-bond donors (Lipinski definition) is 0. The number of rotatable bonds is 11. The van der Waals surface area contributed by atoms with Gasteiger partial charge < -0.3 is 14.5 Å². The van der Waals surface area contributed by atoms with Gasteiger partial charge in [-0.3, -0.25) is 4.79 Å². The highest BCUT2D eigenvalue weighted by Crippen LogP contribution is 2.29. The van der Waals surface area contributed by atoms with Gasteiger partial charge >= 0.3 is 5.97 Å². The van der Waals surface area contributed by atoms with Crippen molar-refractivity contribution in [3.05, 3.63) is 59.7 Å². The molecule has 0 N–H and O–H groups in total. The number of esters is 1. The van der Waals surface area contributed by atoms with E-state index in [0.29, 0.717) is 25.3 Å². The van der Waals surface area contributed by atoms with Crippen LogP contribution in [0.5, 0.6) is 0 Å². The first-order chi connectivity index (χ1) is 17.2. The maximum atomic E-state index is 13.2. The summed E-state index contributed by atoms with van der Waals surface area (Å²) in [5.74, 6) is -1.01. The van der Waals surface area contributed by atoms with Gasteiger partial charge in [0.25, 0.3) is 5.91 Å².